The van der Waals surface area contributed by atoms with Gasteiger partial charge in [0.05, 0.1) is 16.7 Å². The number of rotatable bonds is 4. The molecule has 11 rings (SSSR count). The number of hydrogen-bond acceptors (Lipinski definition) is 5. The average Bonchev–Trinajstić information content (AvgIpc) is 3.88. The molecule has 0 bridgehead atoms. The van der Waals surface area contributed by atoms with Crippen molar-refractivity contribution in [2.24, 2.45) is 0 Å². The van der Waals surface area contributed by atoms with Crippen LogP contribution >= 0.6 is 0 Å². The van der Waals surface area contributed by atoms with Crippen LogP contribution in [0.1, 0.15) is 0 Å². The Bertz CT molecular complexity index is 3080. The Balaban J connectivity index is 1.25. The number of benzene rings is 7. The van der Waals surface area contributed by atoms with Gasteiger partial charge in [-0.2, -0.15) is 0 Å². The van der Waals surface area contributed by atoms with Crippen molar-refractivity contribution in [3.8, 4) is 39.9 Å². The maximum absolute atomic E-state index is 6.85. The summed E-state index contributed by atoms with van der Waals surface area (Å²) in [4.78, 5) is 15.2. The molecule has 0 spiro atoms. The summed E-state index contributed by atoms with van der Waals surface area (Å²) in [5, 5.41) is 6.35. The summed E-state index contributed by atoms with van der Waals surface area (Å²) in [6, 6.07) is 53.7. The molecule has 0 aliphatic heterocycles. The number of fused-ring (bicyclic) bond motifs is 10. The van der Waals surface area contributed by atoms with E-state index >= 15 is 0 Å². The molecule has 0 fully saturated rings. The molecule has 7 aromatic carbocycles. The van der Waals surface area contributed by atoms with E-state index in [1.807, 2.05) is 91.0 Å². The number of furan rings is 2. The molecule has 0 unspecified atom stereocenters. The molecule has 0 N–H and O–H groups in total. The lowest BCUT2D eigenvalue weighted by molar-refractivity contribution is 0.665. The zero-order valence-electron chi connectivity index (χ0n) is 27.1. The smallest absolute Gasteiger partial charge is 0.164 e. The molecule has 238 valence electrons. The van der Waals surface area contributed by atoms with Gasteiger partial charge >= 0.3 is 0 Å². The number of para-hydroxylation sites is 3. The fourth-order valence-corrected chi connectivity index (χ4v) is 7.59. The van der Waals surface area contributed by atoms with Gasteiger partial charge in [0.15, 0.2) is 28.6 Å². The maximum atomic E-state index is 6.85. The molecule has 11 aromatic rings. The molecule has 0 saturated carbocycles. The maximum Gasteiger partial charge on any atom is 0.164 e. The van der Waals surface area contributed by atoms with E-state index < -0.39 is 0 Å². The Morgan fingerprint density at radius 1 is 0.392 bits per heavy atom. The second kappa shape index (κ2) is 10.7. The highest BCUT2D eigenvalue weighted by Gasteiger charge is 2.24. The second-order valence-corrected chi connectivity index (χ2v) is 12.8. The van der Waals surface area contributed by atoms with Crippen molar-refractivity contribution < 1.29 is 8.83 Å². The van der Waals surface area contributed by atoms with Crippen LogP contribution in [0, 0.1) is 0 Å². The molecular formula is C45H26N4O2. The minimum Gasteiger partial charge on any atom is -0.454 e. The lowest BCUT2D eigenvalue weighted by Gasteiger charge is -2.12. The molecule has 0 amide bonds. The lowest BCUT2D eigenvalue weighted by atomic mass is 10.0. The Morgan fingerprint density at radius 2 is 0.941 bits per heavy atom. The van der Waals surface area contributed by atoms with Crippen LogP contribution in [-0.2, 0) is 0 Å². The monoisotopic (exact) mass is 654 g/mol. The highest BCUT2D eigenvalue weighted by atomic mass is 16.3. The minimum absolute atomic E-state index is 0.577. The highest BCUT2D eigenvalue weighted by Crippen LogP contribution is 2.44. The Hall–Kier alpha value is -7.05. The Labute approximate surface area is 290 Å². The minimum atomic E-state index is 0.577. The van der Waals surface area contributed by atoms with Crippen molar-refractivity contribution in [3.63, 3.8) is 0 Å². The van der Waals surface area contributed by atoms with Gasteiger partial charge in [-0.25, -0.2) is 15.0 Å². The van der Waals surface area contributed by atoms with E-state index in [2.05, 4.69) is 71.3 Å². The van der Waals surface area contributed by atoms with Crippen LogP contribution in [0.2, 0.25) is 0 Å². The summed E-state index contributed by atoms with van der Waals surface area (Å²) in [5.74, 6) is 1.80. The first-order valence-electron chi connectivity index (χ1n) is 17.0. The van der Waals surface area contributed by atoms with Crippen molar-refractivity contribution in [3.05, 3.63) is 158 Å². The summed E-state index contributed by atoms with van der Waals surface area (Å²) in [6.45, 7) is 0. The summed E-state index contributed by atoms with van der Waals surface area (Å²) in [6.07, 6.45) is 0. The topological polar surface area (TPSA) is 69.9 Å². The van der Waals surface area contributed by atoms with Crippen LogP contribution < -0.4 is 0 Å². The fourth-order valence-electron chi connectivity index (χ4n) is 7.59. The van der Waals surface area contributed by atoms with Crippen molar-refractivity contribution in [2.75, 3.05) is 0 Å². The molecule has 0 aliphatic rings. The standard InChI is InChI=1S/C45H26N4O2/c1-3-13-27(14-4-1)43-46-44(28-15-5-2-6-16-28)48-45(47-43)34-25-26-36(42-39(34)33-19-9-12-22-38(33)51-42)49-35-20-10-7-17-29(35)31-23-24-32-30-18-8-11-21-37(30)50-41(32)40(31)49/h1-26H. The van der Waals surface area contributed by atoms with E-state index in [1.165, 1.54) is 0 Å². The third-order valence-electron chi connectivity index (χ3n) is 9.87. The predicted octanol–water partition coefficient (Wildman–Crippen LogP) is 11.8. The third kappa shape index (κ3) is 4.14. The number of hydrogen-bond donors (Lipinski definition) is 0. The van der Waals surface area contributed by atoms with E-state index in [4.69, 9.17) is 23.8 Å². The Morgan fingerprint density at radius 3 is 1.67 bits per heavy atom. The zero-order chi connectivity index (χ0) is 33.5. The fraction of sp³-hybridized carbons (Fsp3) is 0. The van der Waals surface area contributed by atoms with Crippen LogP contribution in [-0.4, -0.2) is 19.5 Å². The first kappa shape index (κ1) is 27.9. The first-order valence-corrected chi connectivity index (χ1v) is 17.0. The highest BCUT2D eigenvalue weighted by molar-refractivity contribution is 6.23. The van der Waals surface area contributed by atoms with Crippen molar-refractivity contribution in [1.82, 2.24) is 19.5 Å². The molecule has 0 atom stereocenters. The van der Waals surface area contributed by atoms with Gasteiger partial charge < -0.3 is 13.4 Å². The largest absolute Gasteiger partial charge is 0.454 e. The van der Waals surface area contributed by atoms with E-state index in [9.17, 15) is 0 Å². The number of aromatic nitrogens is 4. The molecule has 0 saturated heterocycles. The third-order valence-corrected chi connectivity index (χ3v) is 9.87. The van der Waals surface area contributed by atoms with Gasteiger partial charge in [-0.1, -0.05) is 121 Å². The van der Waals surface area contributed by atoms with E-state index in [1.54, 1.807) is 0 Å². The van der Waals surface area contributed by atoms with Gasteiger partial charge in [0.2, 0.25) is 0 Å². The molecule has 6 heteroatoms. The van der Waals surface area contributed by atoms with E-state index in [0.29, 0.717) is 17.5 Å². The Kier molecular flexibility index (Phi) is 5.86. The lowest BCUT2D eigenvalue weighted by Crippen LogP contribution is -2.01. The second-order valence-electron chi connectivity index (χ2n) is 12.8. The molecule has 0 aliphatic carbocycles. The quantitative estimate of drug-likeness (QED) is 0.189. The molecule has 4 heterocycles. The summed E-state index contributed by atoms with van der Waals surface area (Å²) in [7, 11) is 0. The van der Waals surface area contributed by atoms with E-state index in [0.717, 1.165) is 88.1 Å². The summed E-state index contributed by atoms with van der Waals surface area (Å²) < 4.78 is 15.8. The zero-order valence-corrected chi connectivity index (χ0v) is 27.1. The van der Waals surface area contributed by atoms with Gasteiger partial charge in [0.1, 0.15) is 11.2 Å². The van der Waals surface area contributed by atoms with Crippen LogP contribution in [0.15, 0.2) is 167 Å². The summed E-state index contributed by atoms with van der Waals surface area (Å²) in [5.41, 5.74) is 8.91. The van der Waals surface area contributed by atoms with Crippen LogP contribution in [0.4, 0.5) is 0 Å². The molecule has 4 aromatic heterocycles. The number of nitrogens with zero attached hydrogens (tertiary/aromatic N) is 4. The normalized spacial score (nSPS) is 11.9. The van der Waals surface area contributed by atoms with Crippen molar-refractivity contribution in [1.29, 1.82) is 0 Å². The SMILES string of the molecule is c1ccc(-c2nc(-c3ccccc3)nc(-c3ccc(-n4c5ccccc5c5ccc6c7ccccc7oc6c54)c4oc5ccccc5c34)n2)cc1. The van der Waals surface area contributed by atoms with Crippen molar-refractivity contribution in [2.45, 2.75) is 0 Å². The summed E-state index contributed by atoms with van der Waals surface area (Å²) >= 11 is 0. The first-order chi connectivity index (χ1) is 25.3. The van der Waals surface area contributed by atoms with Gasteiger partial charge in [-0.05, 0) is 36.4 Å². The van der Waals surface area contributed by atoms with Crippen LogP contribution in [0.5, 0.6) is 0 Å². The predicted molar refractivity (Wildman–Crippen MR) is 205 cm³/mol. The van der Waals surface area contributed by atoms with Gasteiger partial charge in [-0.15, -0.1) is 0 Å². The van der Waals surface area contributed by atoms with Crippen LogP contribution in [0.25, 0.3) is 106 Å². The van der Waals surface area contributed by atoms with Crippen molar-refractivity contribution >= 4 is 65.7 Å². The van der Waals surface area contributed by atoms with Gasteiger partial charge in [-0.3, -0.25) is 0 Å². The van der Waals surface area contributed by atoms with Crippen LogP contribution in [0.3, 0.4) is 0 Å². The molecule has 51 heavy (non-hydrogen) atoms. The van der Waals surface area contributed by atoms with Gasteiger partial charge in [0, 0.05) is 49.0 Å². The van der Waals surface area contributed by atoms with Gasteiger partial charge in [0.25, 0.3) is 0 Å². The molecule has 6 nitrogen and oxygen atoms in total. The van der Waals surface area contributed by atoms with E-state index in [-0.39, 0.29) is 0 Å². The molecular weight excluding hydrogens is 629 g/mol. The molecule has 0 radical (unpaired) electrons. The average molecular weight is 655 g/mol.